The fourth-order valence-corrected chi connectivity index (χ4v) is 2.60. The minimum Gasteiger partial charge on any atom is -0.351 e. The second-order valence-electron chi connectivity index (χ2n) is 5.33. The normalized spacial score (nSPS) is 13.2. The Hall–Kier alpha value is -1.40. The molecule has 0 aliphatic rings. The lowest BCUT2D eigenvalue weighted by Gasteiger charge is -2.16. The van der Waals surface area contributed by atoms with E-state index in [0.29, 0.717) is 5.56 Å². The average Bonchev–Trinajstić information content (AvgIpc) is 2.34. The standard InChI is InChI=1S/C14H22N2O3S/c1-10(2)13(15)14(17)16-8-11-6-4-5-7-12(11)9-20(3,18)19/h4-7,10,13H,8-9,15H2,1-3H3,(H,16,17)/t13-/m0/s1. The van der Waals surface area contributed by atoms with Gasteiger partial charge in [0.15, 0.2) is 9.84 Å². The second-order valence-corrected chi connectivity index (χ2v) is 7.47. The molecule has 1 amide bonds. The van der Waals surface area contributed by atoms with E-state index in [1.165, 1.54) is 6.26 Å². The van der Waals surface area contributed by atoms with E-state index in [9.17, 15) is 13.2 Å². The van der Waals surface area contributed by atoms with E-state index in [2.05, 4.69) is 5.32 Å². The second kappa shape index (κ2) is 6.85. The average molecular weight is 298 g/mol. The van der Waals surface area contributed by atoms with Gasteiger partial charge in [-0.3, -0.25) is 4.79 Å². The zero-order valence-corrected chi connectivity index (χ0v) is 12.9. The smallest absolute Gasteiger partial charge is 0.237 e. The van der Waals surface area contributed by atoms with Gasteiger partial charge in [0.1, 0.15) is 0 Å². The minimum absolute atomic E-state index is 0.0325. The molecule has 1 aromatic carbocycles. The third-order valence-electron chi connectivity index (χ3n) is 3.01. The first-order valence-electron chi connectivity index (χ1n) is 6.48. The SMILES string of the molecule is CC(C)[C@H](N)C(=O)NCc1ccccc1CS(C)(=O)=O. The number of benzene rings is 1. The van der Waals surface area contributed by atoms with Gasteiger partial charge in [0.05, 0.1) is 11.8 Å². The molecule has 0 saturated carbocycles. The van der Waals surface area contributed by atoms with E-state index >= 15 is 0 Å². The molecule has 0 bridgehead atoms. The van der Waals surface area contributed by atoms with Crippen molar-refractivity contribution >= 4 is 15.7 Å². The highest BCUT2D eigenvalue weighted by molar-refractivity contribution is 7.89. The van der Waals surface area contributed by atoms with Crippen molar-refractivity contribution in [2.45, 2.75) is 32.2 Å². The van der Waals surface area contributed by atoms with Crippen LogP contribution in [0.5, 0.6) is 0 Å². The molecule has 3 N–H and O–H groups in total. The molecule has 0 aliphatic heterocycles. The number of carbonyl (C=O) groups excluding carboxylic acids is 1. The summed E-state index contributed by atoms with van der Waals surface area (Å²) >= 11 is 0. The summed E-state index contributed by atoms with van der Waals surface area (Å²) in [6, 6.07) is 6.60. The van der Waals surface area contributed by atoms with Gasteiger partial charge in [-0.15, -0.1) is 0 Å². The predicted molar refractivity (Wildman–Crippen MR) is 79.6 cm³/mol. The van der Waals surface area contributed by atoms with Crippen molar-refractivity contribution in [3.63, 3.8) is 0 Å². The quantitative estimate of drug-likeness (QED) is 0.814. The Labute approximate surface area is 120 Å². The Morgan fingerprint density at radius 2 is 1.80 bits per heavy atom. The van der Waals surface area contributed by atoms with Crippen LogP contribution in [0.15, 0.2) is 24.3 Å². The maximum absolute atomic E-state index is 11.8. The van der Waals surface area contributed by atoms with Crippen molar-refractivity contribution < 1.29 is 13.2 Å². The molecular weight excluding hydrogens is 276 g/mol. The number of carbonyl (C=O) groups is 1. The zero-order chi connectivity index (χ0) is 15.3. The minimum atomic E-state index is -3.11. The lowest BCUT2D eigenvalue weighted by Crippen LogP contribution is -2.43. The maximum Gasteiger partial charge on any atom is 0.237 e. The van der Waals surface area contributed by atoms with Crippen LogP contribution in [0.4, 0.5) is 0 Å². The predicted octanol–water partition coefficient (Wildman–Crippen LogP) is 0.831. The van der Waals surface area contributed by atoms with Crippen LogP contribution >= 0.6 is 0 Å². The van der Waals surface area contributed by atoms with E-state index in [4.69, 9.17) is 5.73 Å². The maximum atomic E-state index is 11.8. The summed E-state index contributed by atoms with van der Waals surface area (Å²) in [5.74, 6) is -0.203. The van der Waals surface area contributed by atoms with Crippen molar-refractivity contribution in [1.82, 2.24) is 5.32 Å². The summed E-state index contributed by atoms with van der Waals surface area (Å²) < 4.78 is 22.8. The van der Waals surface area contributed by atoms with Crippen LogP contribution in [0.2, 0.25) is 0 Å². The summed E-state index contributed by atoms with van der Waals surface area (Å²) in [5.41, 5.74) is 7.25. The Bertz CT molecular complexity index is 568. The lowest BCUT2D eigenvalue weighted by molar-refractivity contribution is -0.123. The molecule has 1 atom stereocenters. The number of rotatable bonds is 6. The number of nitrogens with one attached hydrogen (secondary N) is 1. The number of sulfone groups is 1. The van der Waals surface area contributed by atoms with Crippen molar-refractivity contribution in [3.8, 4) is 0 Å². The Balaban J connectivity index is 2.76. The van der Waals surface area contributed by atoms with Crippen LogP contribution in [0.3, 0.4) is 0 Å². The van der Waals surface area contributed by atoms with Crippen LogP contribution in [0.25, 0.3) is 0 Å². The Kier molecular flexibility index (Phi) is 5.71. The van der Waals surface area contributed by atoms with Crippen LogP contribution in [0, 0.1) is 5.92 Å². The summed E-state index contributed by atoms with van der Waals surface area (Å²) in [5, 5.41) is 2.75. The lowest BCUT2D eigenvalue weighted by atomic mass is 10.0. The zero-order valence-electron chi connectivity index (χ0n) is 12.1. The van der Waals surface area contributed by atoms with Crippen molar-refractivity contribution in [1.29, 1.82) is 0 Å². The highest BCUT2D eigenvalue weighted by Crippen LogP contribution is 2.12. The van der Waals surface area contributed by atoms with Gasteiger partial charge in [0, 0.05) is 12.8 Å². The first-order valence-corrected chi connectivity index (χ1v) is 8.54. The van der Waals surface area contributed by atoms with Crippen molar-refractivity contribution in [2.24, 2.45) is 11.7 Å². The van der Waals surface area contributed by atoms with Gasteiger partial charge < -0.3 is 11.1 Å². The molecule has 112 valence electrons. The van der Waals surface area contributed by atoms with Gasteiger partial charge >= 0.3 is 0 Å². The topological polar surface area (TPSA) is 89.3 Å². The first kappa shape index (κ1) is 16.7. The van der Waals surface area contributed by atoms with Gasteiger partial charge in [-0.25, -0.2) is 8.42 Å². The number of hydrogen-bond acceptors (Lipinski definition) is 4. The summed E-state index contributed by atoms with van der Waals surface area (Å²) in [4.78, 5) is 11.8. The van der Waals surface area contributed by atoms with E-state index in [1.54, 1.807) is 12.1 Å². The van der Waals surface area contributed by atoms with E-state index in [-0.39, 0.29) is 24.1 Å². The highest BCUT2D eigenvalue weighted by atomic mass is 32.2. The molecule has 0 saturated heterocycles. The number of amides is 1. The largest absolute Gasteiger partial charge is 0.351 e. The number of hydrogen-bond donors (Lipinski definition) is 2. The monoisotopic (exact) mass is 298 g/mol. The Morgan fingerprint density at radius 3 is 2.30 bits per heavy atom. The Morgan fingerprint density at radius 1 is 1.25 bits per heavy atom. The molecule has 1 aromatic rings. The summed E-state index contributed by atoms with van der Waals surface area (Å²) in [6.07, 6.45) is 1.19. The van der Waals surface area contributed by atoms with E-state index in [0.717, 1.165) is 5.56 Å². The third-order valence-corrected chi connectivity index (χ3v) is 3.85. The van der Waals surface area contributed by atoms with Crippen LogP contribution in [-0.2, 0) is 26.9 Å². The molecule has 6 heteroatoms. The van der Waals surface area contributed by atoms with Crippen molar-refractivity contribution in [3.05, 3.63) is 35.4 Å². The van der Waals surface area contributed by atoms with Gasteiger partial charge in [-0.05, 0) is 17.0 Å². The van der Waals surface area contributed by atoms with Crippen LogP contribution in [-0.4, -0.2) is 26.6 Å². The first-order chi connectivity index (χ1) is 9.20. The molecule has 5 nitrogen and oxygen atoms in total. The van der Waals surface area contributed by atoms with E-state index in [1.807, 2.05) is 26.0 Å². The van der Waals surface area contributed by atoms with Gasteiger partial charge in [0.25, 0.3) is 0 Å². The third kappa shape index (κ3) is 5.30. The van der Waals surface area contributed by atoms with Crippen LogP contribution < -0.4 is 11.1 Å². The highest BCUT2D eigenvalue weighted by Gasteiger charge is 2.17. The molecule has 0 spiro atoms. The molecule has 20 heavy (non-hydrogen) atoms. The van der Waals surface area contributed by atoms with Crippen molar-refractivity contribution in [2.75, 3.05) is 6.26 Å². The van der Waals surface area contributed by atoms with Crippen LogP contribution in [0.1, 0.15) is 25.0 Å². The molecule has 0 unspecified atom stereocenters. The fraction of sp³-hybridized carbons (Fsp3) is 0.500. The molecular formula is C14H22N2O3S. The molecule has 0 aromatic heterocycles. The summed E-state index contributed by atoms with van der Waals surface area (Å²) in [6.45, 7) is 4.04. The molecule has 1 rings (SSSR count). The van der Waals surface area contributed by atoms with Gasteiger partial charge in [0.2, 0.25) is 5.91 Å². The van der Waals surface area contributed by atoms with Gasteiger partial charge in [-0.2, -0.15) is 0 Å². The molecule has 0 aliphatic carbocycles. The fourth-order valence-electron chi connectivity index (χ4n) is 1.76. The van der Waals surface area contributed by atoms with Gasteiger partial charge in [-0.1, -0.05) is 38.1 Å². The molecule has 0 heterocycles. The summed E-state index contributed by atoms with van der Waals surface area (Å²) in [7, 11) is -3.11. The van der Waals surface area contributed by atoms with E-state index < -0.39 is 15.9 Å². The molecule has 0 fully saturated rings. The number of nitrogens with two attached hydrogens (primary N) is 1. The molecule has 0 radical (unpaired) electrons.